The summed E-state index contributed by atoms with van der Waals surface area (Å²) in [5.74, 6) is -0.471. The Kier molecular flexibility index (Phi) is 5.19. The summed E-state index contributed by atoms with van der Waals surface area (Å²) >= 11 is 0. The summed E-state index contributed by atoms with van der Waals surface area (Å²) in [6.45, 7) is 4.61. The Morgan fingerprint density at radius 1 is 1.47 bits per heavy atom. The Morgan fingerprint density at radius 2 is 2.21 bits per heavy atom. The lowest BCUT2D eigenvalue weighted by Gasteiger charge is -2.37. The number of hydrogen-bond acceptors (Lipinski definition) is 4. The predicted molar refractivity (Wildman–Crippen MR) is 71.1 cm³/mol. The van der Waals surface area contributed by atoms with Crippen LogP contribution in [0.2, 0.25) is 0 Å². The number of hydrogen-bond donors (Lipinski definition) is 1. The van der Waals surface area contributed by atoms with Crippen LogP contribution in [0.3, 0.4) is 0 Å². The van der Waals surface area contributed by atoms with Gasteiger partial charge < -0.3 is 14.6 Å². The first-order valence-electron chi connectivity index (χ1n) is 7.24. The number of aliphatic carboxylic acids is 1. The zero-order chi connectivity index (χ0) is 13.8. The lowest BCUT2D eigenvalue weighted by atomic mass is 9.98. The van der Waals surface area contributed by atoms with Gasteiger partial charge in [-0.15, -0.1) is 0 Å². The minimum Gasteiger partial charge on any atom is -0.481 e. The van der Waals surface area contributed by atoms with Gasteiger partial charge in [-0.3, -0.25) is 9.69 Å². The summed E-state index contributed by atoms with van der Waals surface area (Å²) in [5, 5.41) is 9.33. The second kappa shape index (κ2) is 6.68. The normalized spacial score (nSPS) is 28.8. The Morgan fingerprint density at radius 3 is 2.74 bits per heavy atom. The number of carboxylic acid groups (broad SMARTS) is 1. The SMILES string of the molecule is CCCN(C(COC)C1CC1)C1COCC1C(=O)O. The summed E-state index contributed by atoms with van der Waals surface area (Å²) < 4.78 is 10.8. The number of carbonyl (C=O) groups is 1. The largest absolute Gasteiger partial charge is 0.481 e. The van der Waals surface area contributed by atoms with Crippen LogP contribution in [-0.4, -0.2) is 61.5 Å². The maximum absolute atomic E-state index is 11.3. The molecule has 5 heteroatoms. The number of ether oxygens (including phenoxy) is 2. The van der Waals surface area contributed by atoms with Crippen LogP contribution >= 0.6 is 0 Å². The van der Waals surface area contributed by atoms with Crippen molar-refractivity contribution < 1.29 is 19.4 Å². The van der Waals surface area contributed by atoms with Gasteiger partial charge in [0.2, 0.25) is 0 Å². The number of carboxylic acids is 1. The monoisotopic (exact) mass is 271 g/mol. The van der Waals surface area contributed by atoms with Gasteiger partial charge in [-0.25, -0.2) is 0 Å². The van der Waals surface area contributed by atoms with Crippen LogP contribution in [0, 0.1) is 11.8 Å². The van der Waals surface area contributed by atoms with Crippen molar-refractivity contribution >= 4 is 5.97 Å². The van der Waals surface area contributed by atoms with Crippen LogP contribution in [0.4, 0.5) is 0 Å². The van der Waals surface area contributed by atoms with Crippen LogP contribution < -0.4 is 0 Å². The first-order chi connectivity index (χ1) is 9.19. The molecule has 1 aliphatic heterocycles. The highest BCUT2D eigenvalue weighted by molar-refractivity contribution is 5.71. The number of methoxy groups -OCH3 is 1. The van der Waals surface area contributed by atoms with Crippen molar-refractivity contribution in [2.75, 3.05) is 33.5 Å². The molecule has 0 spiro atoms. The fourth-order valence-electron chi connectivity index (χ4n) is 3.10. The summed E-state index contributed by atoms with van der Waals surface area (Å²) in [6.07, 6.45) is 3.49. The molecule has 0 bridgehead atoms. The molecule has 2 aliphatic rings. The van der Waals surface area contributed by atoms with E-state index in [4.69, 9.17) is 9.47 Å². The van der Waals surface area contributed by atoms with Crippen LogP contribution in [0.1, 0.15) is 26.2 Å². The molecule has 1 heterocycles. The minimum absolute atomic E-state index is 0.00167. The van der Waals surface area contributed by atoms with Gasteiger partial charge in [0.15, 0.2) is 0 Å². The average Bonchev–Trinajstić information content (AvgIpc) is 3.10. The Balaban J connectivity index is 2.10. The number of rotatable bonds is 8. The van der Waals surface area contributed by atoms with Crippen molar-refractivity contribution in [3.8, 4) is 0 Å². The minimum atomic E-state index is -0.740. The van der Waals surface area contributed by atoms with E-state index >= 15 is 0 Å². The Labute approximate surface area is 114 Å². The molecule has 0 amide bonds. The molecule has 2 rings (SSSR count). The maximum atomic E-state index is 11.3. The van der Waals surface area contributed by atoms with E-state index < -0.39 is 11.9 Å². The van der Waals surface area contributed by atoms with Gasteiger partial charge in [0.25, 0.3) is 0 Å². The summed E-state index contributed by atoms with van der Waals surface area (Å²) in [4.78, 5) is 13.7. The van der Waals surface area contributed by atoms with E-state index in [2.05, 4.69) is 11.8 Å². The molecule has 3 atom stereocenters. The topological polar surface area (TPSA) is 59.0 Å². The third-order valence-corrected chi connectivity index (χ3v) is 4.21. The molecule has 1 saturated carbocycles. The van der Waals surface area contributed by atoms with E-state index in [1.165, 1.54) is 12.8 Å². The Bertz CT molecular complexity index is 306. The van der Waals surface area contributed by atoms with E-state index in [0.717, 1.165) is 13.0 Å². The van der Waals surface area contributed by atoms with Gasteiger partial charge in [0.1, 0.15) is 0 Å². The lowest BCUT2D eigenvalue weighted by molar-refractivity contribution is -0.143. The third-order valence-electron chi connectivity index (χ3n) is 4.21. The molecule has 2 fully saturated rings. The quantitative estimate of drug-likeness (QED) is 0.719. The molecular formula is C14H25NO4. The smallest absolute Gasteiger partial charge is 0.310 e. The van der Waals surface area contributed by atoms with Gasteiger partial charge >= 0.3 is 5.97 Å². The summed E-state index contributed by atoms with van der Waals surface area (Å²) in [7, 11) is 1.72. The Hall–Kier alpha value is -0.650. The van der Waals surface area contributed by atoms with Crippen LogP contribution in [-0.2, 0) is 14.3 Å². The maximum Gasteiger partial charge on any atom is 0.310 e. The van der Waals surface area contributed by atoms with Crippen molar-refractivity contribution in [3.63, 3.8) is 0 Å². The molecule has 5 nitrogen and oxygen atoms in total. The van der Waals surface area contributed by atoms with Gasteiger partial charge in [0, 0.05) is 19.2 Å². The van der Waals surface area contributed by atoms with Crippen molar-refractivity contribution in [3.05, 3.63) is 0 Å². The van der Waals surface area contributed by atoms with E-state index in [1.54, 1.807) is 7.11 Å². The zero-order valence-corrected chi connectivity index (χ0v) is 11.9. The molecule has 0 aromatic carbocycles. The first kappa shape index (κ1) is 14.8. The predicted octanol–water partition coefficient (Wildman–Crippen LogP) is 1.22. The third kappa shape index (κ3) is 3.46. The molecule has 19 heavy (non-hydrogen) atoms. The van der Waals surface area contributed by atoms with Gasteiger partial charge in [-0.05, 0) is 31.7 Å². The molecular weight excluding hydrogens is 246 g/mol. The first-order valence-corrected chi connectivity index (χ1v) is 7.24. The average molecular weight is 271 g/mol. The van der Waals surface area contributed by atoms with Crippen LogP contribution in [0.25, 0.3) is 0 Å². The van der Waals surface area contributed by atoms with E-state index in [9.17, 15) is 9.90 Å². The summed E-state index contributed by atoms with van der Waals surface area (Å²) in [6, 6.07) is 0.344. The van der Waals surface area contributed by atoms with Crippen molar-refractivity contribution in [2.45, 2.75) is 38.3 Å². The van der Waals surface area contributed by atoms with E-state index in [0.29, 0.717) is 31.8 Å². The standard InChI is InChI=1S/C14H25NO4/c1-3-6-15(12(8-18-2)10-4-5-10)13-9-19-7-11(13)14(16)17/h10-13H,3-9H2,1-2H3,(H,16,17). The fraction of sp³-hybridized carbons (Fsp3) is 0.929. The molecule has 0 radical (unpaired) electrons. The molecule has 0 aromatic heterocycles. The molecule has 1 saturated heterocycles. The number of nitrogens with zero attached hydrogens (tertiary/aromatic N) is 1. The second-order valence-electron chi connectivity index (χ2n) is 5.65. The van der Waals surface area contributed by atoms with Crippen LogP contribution in [0.5, 0.6) is 0 Å². The summed E-state index contributed by atoms with van der Waals surface area (Å²) in [5.41, 5.74) is 0. The second-order valence-corrected chi connectivity index (χ2v) is 5.65. The van der Waals surface area contributed by atoms with Gasteiger partial charge in [-0.1, -0.05) is 6.92 Å². The zero-order valence-electron chi connectivity index (χ0n) is 11.9. The van der Waals surface area contributed by atoms with E-state index in [-0.39, 0.29) is 6.04 Å². The van der Waals surface area contributed by atoms with Gasteiger partial charge in [-0.2, -0.15) is 0 Å². The molecule has 0 aromatic rings. The molecule has 1 N–H and O–H groups in total. The van der Waals surface area contributed by atoms with Crippen molar-refractivity contribution in [1.29, 1.82) is 0 Å². The highest BCUT2D eigenvalue weighted by Crippen LogP contribution is 2.37. The van der Waals surface area contributed by atoms with Crippen LogP contribution in [0.15, 0.2) is 0 Å². The van der Waals surface area contributed by atoms with Gasteiger partial charge in [0.05, 0.1) is 25.7 Å². The van der Waals surface area contributed by atoms with Crippen molar-refractivity contribution in [1.82, 2.24) is 4.90 Å². The van der Waals surface area contributed by atoms with Crippen molar-refractivity contribution in [2.24, 2.45) is 11.8 Å². The highest BCUT2D eigenvalue weighted by atomic mass is 16.5. The molecule has 3 unspecified atom stereocenters. The lowest BCUT2D eigenvalue weighted by Crippen LogP contribution is -2.51. The molecule has 1 aliphatic carbocycles. The molecule has 110 valence electrons. The fourth-order valence-corrected chi connectivity index (χ4v) is 3.10. The van der Waals surface area contributed by atoms with E-state index in [1.807, 2.05) is 0 Å². The highest BCUT2D eigenvalue weighted by Gasteiger charge is 2.44.